The minimum atomic E-state index is -0.692. The summed E-state index contributed by atoms with van der Waals surface area (Å²) in [7, 11) is 1.56. The van der Waals surface area contributed by atoms with Crippen molar-refractivity contribution in [3.63, 3.8) is 0 Å². The number of hydrogen-bond donors (Lipinski definition) is 3. The van der Waals surface area contributed by atoms with Crippen molar-refractivity contribution in [2.45, 2.75) is 12.1 Å². The van der Waals surface area contributed by atoms with Gasteiger partial charge >= 0.3 is 0 Å². The minimum absolute atomic E-state index is 0.0497. The number of hydrogen-bond acceptors (Lipinski definition) is 5. The fraction of sp³-hybridized carbons (Fsp3) is 0.538. The molecule has 0 saturated carbocycles. The summed E-state index contributed by atoms with van der Waals surface area (Å²) in [5.41, 5.74) is 0. The molecule has 0 fully saturated rings. The summed E-state index contributed by atoms with van der Waals surface area (Å²) >= 11 is 5.93. The normalized spacial score (nSPS) is 14.1. The number of nitrogens with one attached hydrogen (secondary N) is 1. The van der Waals surface area contributed by atoms with E-state index >= 15 is 0 Å². The van der Waals surface area contributed by atoms with Gasteiger partial charge in [0.1, 0.15) is 18.5 Å². The van der Waals surface area contributed by atoms with Gasteiger partial charge in [0.05, 0.1) is 24.3 Å². The molecule has 0 saturated heterocycles. The highest BCUT2D eigenvalue weighted by atomic mass is 35.5. The van der Waals surface area contributed by atoms with E-state index in [2.05, 4.69) is 5.32 Å². The third-order valence-corrected chi connectivity index (χ3v) is 2.81. The topological polar surface area (TPSA) is 71.0 Å². The van der Waals surface area contributed by atoms with Crippen molar-refractivity contribution in [3.8, 4) is 5.75 Å². The summed E-state index contributed by atoms with van der Waals surface area (Å²) in [5, 5.41) is 22.3. The standard InChI is InChI=1S/C13H20ClNO4/c1-18-8-10(7-16)15-6-11(17)9-19-13-5-3-2-4-12(13)14/h2-5,10-11,15-17H,6-9H2,1H3. The van der Waals surface area contributed by atoms with Gasteiger partial charge in [-0.3, -0.25) is 0 Å². The van der Waals surface area contributed by atoms with Gasteiger partial charge in [0.25, 0.3) is 0 Å². The Kier molecular flexibility index (Phi) is 7.78. The van der Waals surface area contributed by atoms with Crippen molar-refractivity contribution in [1.29, 1.82) is 0 Å². The molecule has 0 aliphatic rings. The van der Waals surface area contributed by atoms with Gasteiger partial charge in [-0.2, -0.15) is 0 Å². The van der Waals surface area contributed by atoms with Gasteiger partial charge in [0.2, 0.25) is 0 Å². The van der Waals surface area contributed by atoms with E-state index in [-0.39, 0.29) is 19.3 Å². The number of rotatable bonds is 9. The number of aliphatic hydroxyl groups excluding tert-OH is 2. The minimum Gasteiger partial charge on any atom is -0.489 e. The fourth-order valence-electron chi connectivity index (χ4n) is 1.49. The molecule has 0 aromatic heterocycles. The number of ether oxygens (including phenoxy) is 2. The SMILES string of the molecule is COCC(CO)NCC(O)COc1ccccc1Cl. The molecule has 0 aliphatic heterocycles. The first kappa shape index (κ1) is 16.2. The van der Waals surface area contributed by atoms with Crippen LogP contribution < -0.4 is 10.1 Å². The van der Waals surface area contributed by atoms with Crippen molar-refractivity contribution >= 4 is 11.6 Å². The van der Waals surface area contributed by atoms with E-state index in [1.54, 1.807) is 19.2 Å². The van der Waals surface area contributed by atoms with Crippen LogP contribution >= 0.6 is 11.6 Å². The van der Waals surface area contributed by atoms with Crippen LogP contribution in [0.3, 0.4) is 0 Å². The first-order valence-corrected chi connectivity index (χ1v) is 6.43. The van der Waals surface area contributed by atoms with E-state index in [1.165, 1.54) is 0 Å². The van der Waals surface area contributed by atoms with Crippen molar-refractivity contribution in [2.24, 2.45) is 0 Å². The van der Waals surface area contributed by atoms with Gasteiger partial charge in [0.15, 0.2) is 0 Å². The second-order valence-electron chi connectivity index (χ2n) is 4.14. The van der Waals surface area contributed by atoms with Crippen molar-refractivity contribution in [2.75, 3.05) is 33.5 Å². The van der Waals surface area contributed by atoms with Crippen LogP contribution in [0.5, 0.6) is 5.75 Å². The van der Waals surface area contributed by atoms with Crippen molar-refractivity contribution < 1.29 is 19.7 Å². The zero-order valence-corrected chi connectivity index (χ0v) is 11.6. The summed E-state index contributed by atoms with van der Waals surface area (Å²) in [6.45, 7) is 0.765. The maximum atomic E-state index is 9.76. The molecule has 1 rings (SSSR count). The van der Waals surface area contributed by atoms with E-state index < -0.39 is 6.10 Å². The number of para-hydroxylation sites is 1. The van der Waals surface area contributed by atoms with Crippen LogP contribution in [0.25, 0.3) is 0 Å². The average molecular weight is 290 g/mol. The Hall–Kier alpha value is -0.850. The van der Waals surface area contributed by atoms with E-state index in [1.807, 2.05) is 12.1 Å². The summed E-state index contributed by atoms with van der Waals surface area (Å²) in [4.78, 5) is 0. The maximum Gasteiger partial charge on any atom is 0.138 e. The van der Waals surface area contributed by atoms with Gasteiger partial charge in [0, 0.05) is 13.7 Å². The lowest BCUT2D eigenvalue weighted by atomic mass is 10.3. The molecule has 6 heteroatoms. The molecule has 5 nitrogen and oxygen atoms in total. The Labute approximate surface area is 118 Å². The lowest BCUT2D eigenvalue weighted by Crippen LogP contribution is -2.42. The van der Waals surface area contributed by atoms with Crippen LogP contribution in [-0.2, 0) is 4.74 Å². The van der Waals surface area contributed by atoms with Crippen LogP contribution in [0, 0.1) is 0 Å². The summed E-state index contributed by atoms with van der Waals surface area (Å²) in [6, 6.07) is 6.89. The smallest absolute Gasteiger partial charge is 0.138 e. The molecule has 19 heavy (non-hydrogen) atoms. The Bertz CT molecular complexity index is 364. The van der Waals surface area contributed by atoms with Gasteiger partial charge in [-0.1, -0.05) is 23.7 Å². The predicted octanol–water partition coefficient (Wildman–Crippen LogP) is 0.677. The summed E-state index contributed by atoms with van der Waals surface area (Å²) < 4.78 is 10.3. The molecule has 2 unspecified atom stereocenters. The first-order valence-electron chi connectivity index (χ1n) is 6.06. The molecule has 0 heterocycles. The first-order chi connectivity index (χ1) is 9.17. The molecule has 0 radical (unpaired) electrons. The molecule has 2 atom stereocenters. The Morgan fingerprint density at radius 1 is 1.32 bits per heavy atom. The number of benzene rings is 1. The molecule has 108 valence electrons. The molecular weight excluding hydrogens is 270 g/mol. The van der Waals surface area contributed by atoms with Crippen LogP contribution in [0.15, 0.2) is 24.3 Å². The zero-order chi connectivity index (χ0) is 14.1. The lowest BCUT2D eigenvalue weighted by Gasteiger charge is -2.18. The third kappa shape index (κ3) is 6.22. The zero-order valence-electron chi connectivity index (χ0n) is 10.9. The van der Waals surface area contributed by atoms with Gasteiger partial charge < -0.3 is 25.0 Å². The largest absolute Gasteiger partial charge is 0.489 e. The summed E-state index contributed by atoms with van der Waals surface area (Å²) in [6.07, 6.45) is -0.692. The van der Waals surface area contributed by atoms with Gasteiger partial charge in [-0.25, -0.2) is 0 Å². The lowest BCUT2D eigenvalue weighted by molar-refractivity contribution is 0.0854. The Morgan fingerprint density at radius 3 is 2.68 bits per heavy atom. The van der Waals surface area contributed by atoms with E-state index in [4.69, 9.17) is 26.2 Å². The molecule has 0 amide bonds. The average Bonchev–Trinajstić information content (AvgIpc) is 2.42. The quantitative estimate of drug-likeness (QED) is 0.623. The third-order valence-electron chi connectivity index (χ3n) is 2.50. The van der Waals surface area contributed by atoms with Crippen LogP contribution in [0.2, 0.25) is 5.02 Å². The molecule has 0 aliphatic carbocycles. The molecule has 0 spiro atoms. The van der Waals surface area contributed by atoms with E-state index in [9.17, 15) is 5.11 Å². The maximum absolute atomic E-state index is 9.76. The van der Waals surface area contributed by atoms with Gasteiger partial charge in [-0.15, -0.1) is 0 Å². The summed E-state index contributed by atoms with van der Waals surface area (Å²) in [5.74, 6) is 0.541. The van der Waals surface area contributed by atoms with Crippen LogP contribution in [-0.4, -0.2) is 55.8 Å². The highest BCUT2D eigenvalue weighted by Gasteiger charge is 2.11. The Morgan fingerprint density at radius 2 is 2.05 bits per heavy atom. The van der Waals surface area contributed by atoms with E-state index in [0.717, 1.165) is 0 Å². The molecule has 1 aromatic carbocycles. The van der Waals surface area contributed by atoms with Crippen molar-refractivity contribution in [1.82, 2.24) is 5.32 Å². The molecule has 0 bridgehead atoms. The van der Waals surface area contributed by atoms with Crippen LogP contribution in [0.1, 0.15) is 0 Å². The second kappa shape index (κ2) is 9.12. The van der Waals surface area contributed by atoms with Crippen molar-refractivity contribution in [3.05, 3.63) is 29.3 Å². The molecule has 3 N–H and O–H groups in total. The number of halogens is 1. The fourth-order valence-corrected chi connectivity index (χ4v) is 1.68. The number of methoxy groups -OCH3 is 1. The van der Waals surface area contributed by atoms with Gasteiger partial charge in [-0.05, 0) is 12.1 Å². The van der Waals surface area contributed by atoms with Crippen LogP contribution in [0.4, 0.5) is 0 Å². The second-order valence-corrected chi connectivity index (χ2v) is 4.55. The highest BCUT2D eigenvalue weighted by Crippen LogP contribution is 2.22. The molecule has 1 aromatic rings. The predicted molar refractivity (Wildman–Crippen MR) is 73.7 cm³/mol. The Balaban J connectivity index is 2.28. The highest BCUT2D eigenvalue weighted by molar-refractivity contribution is 6.32. The van der Waals surface area contributed by atoms with E-state index in [0.29, 0.717) is 23.9 Å². The molecular formula is C13H20ClNO4. The monoisotopic (exact) mass is 289 g/mol. The number of aliphatic hydroxyl groups is 2.